The minimum Gasteiger partial charge on any atom is -0.444 e. The fourth-order valence-corrected chi connectivity index (χ4v) is 2.89. The molecule has 1 amide bonds. The number of nitrogens with one attached hydrogen (secondary N) is 1. The van der Waals surface area contributed by atoms with Crippen LogP contribution in [-0.2, 0) is 14.3 Å². The van der Waals surface area contributed by atoms with Gasteiger partial charge in [-0.3, -0.25) is 0 Å². The second kappa shape index (κ2) is 7.86. The molecule has 0 fully saturated rings. The van der Waals surface area contributed by atoms with E-state index < -0.39 is 23.8 Å². The van der Waals surface area contributed by atoms with Crippen molar-refractivity contribution in [3.63, 3.8) is 0 Å². The molecule has 8 heteroatoms. The highest BCUT2D eigenvalue weighted by Gasteiger charge is 2.29. The van der Waals surface area contributed by atoms with Crippen LogP contribution in [0.15, 0.2) is 9.98 Å². The number of hydrogen-bond acceptors (Lipinski definition) is 6. The van der Waals surface area contributed by atoms with Gasteiger partial charge in [0.25, 0.3) is 0 Å². The highest BCUT2D eigenvalue weighted by Crippen LogP contribution is 2.26. The van der Waals surface area contributed by atoms with E-state index >= 15 is 0 Å². The molecule has 1 rings (SSSR count). The second-order valence-electron chi connectivity index (χ2n) is 5.19. The Balaban J connectivity index is 2.83. The fraction of sp³-hybridized carbons (Fsp3) is 0.615. The van der Waals surface area contributed by atoms with Crippen molar-refractivity contribution in [3.05, 3.63) is 15.0 Å². The van der Waals surface area contributed by atoms with Crippen LogP contribution in [0.2, 0.25) is 0 Å². The van der Waals surface area contributed by atoms with Gasteiger partial charge in [-0.1, -0.05) is 0 Å². The third-order valence-electron chi connectivity index (χ3n) is 2.24. The quantitative estimate of drug-likeness (QED) is 0.769. The predicted octanol–water partition coefficient (Wildman–Crippen LogP) is 3.08. The standard InChI is InChI=1S/C13H19BrN2O4S/c1-5-19-10(11-16-9(14)7-21-11)8(6-17)15-12(18)20-13(2,3)4/h6-8,10H,5H2,1-4H3,(H,15,18)/t8-,10+/m1/s1. The number of nitrogens with zero attached hydrogens (tertiary/aromatic N) is 1. The first kappa shape index (κ1) is 18.1. The molecule has 1 N–H and O–H groups in total. The SMILES string of the molecule is CCO[C@H](c1nc(Br)cs1)[C@@H](C=O)NC(=O)OC(C)(C)C. The molecule has 6 nitrogen and oxygen atoms in total. The maximum absolute atomic E-state index is 11.8. The molecule has 0 radical (unpaired) electrons. The lowest BCUT2D eigenvalue weighted by Crippen LogP contribution is -2.44. The molecular weight excluding hydrogens is 360 g/mol. The van der Waals surface area contributed by atoms with Crippen LogP contribution >= 0.6 is 27.3 Å². The van der Waals surface area contributed by atoms with Gasteiger partial charge < -0.3 is 19.6 Å². The normalized spacial score (nSPS) is 14.3. The van der Waals surface area contributed by atoms with Crippen molar-refractivity contribution in [3.8, 4) is 0 Å². The lowest BCUT2D eigenvalue weighted by atomic mass is 10.2. The maximum atomic E-state index is 11.8. The third-order valence-corrected chi connectivity index (χ3v) is 3.86. The number of ether oxygens (including phenoxy) is 2. The summed E-state index contributed by atoms with van der Waals surface area (Å²) >= 11 is 4.60. The van der Waals surface area contributed by atoms with Crippen molar-refractivity contribution < 1.29 is 19.1 Å². The molecule has 21 heavy (non-hydrogen) atoms. The molecule has 0 saturated heterocycles. The molecule has 0 bridgehead atoms. The summed E-state index contributed by atoms with van der Waals surface area (Å²) in [6.07, 6.45) is -0.684. The van der Waals surface area contributed by atoms with E-state index in [0.717, 1.165) is 0 Å². The lowest BCUT2D eigenvalue weighted by molar-refractivity contribution is -0.113. The smallest absolute Gasteiger partial charge is 0.408 e. The molecular formula is C13H19BrN2O4S. The second-order valence-corrected chi connectivity index (χ2v) is 6.89. The summed E-state index contributed by atoms with van der Waals surface area (Å²) in [5.41, 5.74) is -0.636. The summed E-state index contributed by atoms with van der Waals surface area (Å²) in [5, 5.41) is 4.91. The van der Waals surface area contributed by atoms with Crippen LogP contribution in [0.25, 0.3) is 0 Å². The molecule has 118 valence electrons. The first-order valence-corrected chi connectivity index (χ1v) is 8.11. The van der Waals surface area contributed by atoms with Gasteiger partial charge in [0, 0.05) is 12.0 Å². The number of aromatic nitrogens is 1. The number of aldehydes is 1. The zero-order valence-electron chi connectivity index (χ0n) is 12.4. The molecule has 1 heterocycles. The van der Waals surface area contributed by atoms with Crippen LogP contribution < -0.4 is 5.32 Å². The Morgan fingerprint density at radius 3 is 2.67 bits per heavy atom. The van der Waals surface area contributed by atoms with Crippen LogP contribution in [-0.4, -0.2) is 35.6 Å². The first-order valence-electron chi connectivity index (χ1n) is 6.44. The molecule has 0 unspecified atom stereocenters. The van der Waals surface area contributed by atoms with E-state index in [2.05, 4.69) is 26.2 Å². The monoisotopic (exact) mass is 378 g/mol. The summed E-state index contributed by atoms with van der Waals surface area (Å²) in [4.78, 5) is 27.4. The number of halogens is 1. The molecule has 0 aliphatic heterocycles. The van der Waals surface area contributed by atoms with Crippen molar-refractivity contribution in [2.75, 3.05) is 6.61 Å². The molecule has 0 aromatic carbocycles. The minimum absolute atomic E-state index is 0.391. The Bertz CT molecular complexity index is 487. The Morgan fingerprint density at radius 2 is 2.24 bits per heavy atom. The van der Waals surface area contributed by atoms with Crippen LogP contribution in [0.1, 0.15) is 38.8 Å². The van der Waals surface area contributed by atoms with Gasteiger partial charge >= 0.3 is 6.09 Å². The molecule has 0 aliphatic carbocycles. The van der Waals surface area contributed by atoms with Gasteiger partial charge in [-0.15, -0.1) is 11.3 Å². The van der Waals surface area contributed by atoms with E-state index in [-0.39, 0.29) is 0 Å². The third kappa shape index (κ3) is 6.11. The number of thiazole rings is 1. The van der Waals surface area contributed by atoms with E-state index in [9.17, 15) is 9.59 Å². The molecule has 0 saturated carbocycles. The highest BCUT2D eigenvalue weighted by atomic mass is 79.9. The Labute approximate surface area is 136 Å². The van der Waals surface area contributed by atoms with Gasteiger partial charge in [0.15, 0.2) is 0 Å². The van der Waals surface area contributed by atoms with Gasteiger partial charge in [0.1, 0.15) is 33.6 Å². The van der Waals surface area contributed by atoms with Gasteiger partial charge in [-0.25, -0.2) is 9.78 Å². The van der Waals surface area contributed by atoms with E-state index in [1.807, 2.05) is 6.92 Å². The average Bonchev–Trinajstić information content (AvgIpc) is 2.77. The van der Waals surface area contributed by atoms with Crippen LogP contribution in [0.5, 0.6) is 0 Å². The molecule has 1 aromatic rings. The van der Waals surface area contributed by atoms with Crippen molar-refractivity contribution in [2.45, 2.75) is 45.4 Å². The summed E-state index contributed by atoms with van der Waals surface area (Å²) < 4.78 is 11.4. The van der Waals surface area contributed by atoms with Gasteiger partial charge in [0.2, 0.25) is 0 Å². The van der Waals surface area contributed by atoms with Gasteiger partial charge in [-0.2, -0.15) is 0 Å². The summed E-state index contributed by atoms with van der Waals surface area (Å²) in [6.45, 7) is 7.45. The average molecular weight is 379 g/mol. The van der Waals surface area contributed by atoms with Crippen LogP contribution in [0.4, 0.5) is 4.79 Å². The number of rotatable bonds is 6. The van der Waals surface area contributed by atoms with Crippen LogP contribution in [0, 0.1) is 0 Å². The zero-order valence-corrected chi connectivity index (χ0v) is 14.8. The number of carbonyl (C=O) groups excluding carboxylic acids is 2. The summed E-state index contributed by atoms with van der Waals surface area (Å²) in [6, 6.07) is -0.863. The van der Waals surface area contributed by atoms with Crippen molar-refractivity contribution >= 4 is 39.6 Å². The topological polar surface area (TPSA) is 77.5 Å². The summed E-state index contributed by atoms with van der Waals surface area (Å²) in [5.74, 6) is 0. The van der Waals surface area contributed by atoms with Crippen molar-refractivity contribution in [1.82, 2.24) is 10.3 Å². The zero-order chi connectivity index (χ0) is 16.0. The number of carbonyl (C=O) groups is 2. The molecule has 0 spiro atoms. The molecule has 2 atom stereocenters. The van der Waals surface area contributed by atoms with E-state index in [4.69, 9.17) is 9.47 Å². The predicted molar refractivity (Wildman–Crippen MR) is 83.4 cm³/mol. The van der Waals surface area contributed by atoms with Gasteiger partial charge in [-0.05, 0) is 43.6 Å². The summed E-state index contributed by atoms with van der Waals surface area (Å²) in [7, 11) is 0. The molecule has 1 aromatic heterocycles. The van der Waals surface area contributed by atoms with Gasteiger partial charge in [0.05, 0.1) is 0 Å². The van der Waals surface area contributed by atoms with Crippen molar-refractivity contribution in [1.29, 1.82) is 0 Å². The molecule has 0 aliphatic rings. The number of hydrogen-bond donors (Lipinski definition) is 1. The minimum atomic E-state index is -0.863. The van der Waals surface area contributed by atoms with Crippen molar-refractivity contribution in [2.24, 2.45) is 0 Å². The van der Waals surface area contributed by atoms with Crippen LogP contribution in [0.3, 0.4) is 0 Å². The first-order chi connectivity index (χ1) is 9.76. The van der Waals surface area contributed by atoms with E-state index in [0.29, 0.717) is 22.5 Å². The lowest BCUT2D eigenvalue weighted by Gasteiger charge is -2.25. The Kier molecular flexibility index (Phi) is 6.76. The van der Waals surface area contributed by atoms with E-state index in [1.165, 1.54) is 11.3 Å². The van der Waals surface area contributed by atoms with E-state index in [1.54, 1.807) is 26.2 Å². The number of amides is 1. The fourth-order valence-electron chi connectivity index (χ4n) is 1.53. The Hall–Kier alpha value is -0.990. The number of alkyl carbamates (subject to hydrolysis) is 1. The highest BCUT2D eigenvalue weighted by molar-refractivity contribution is 9.10. The largest absolute Gasteiger partial charge is 0.444 e. The Morgan fingerprint density at radius 1 is 1.57 bits per heavy atom. The maximum Gasteiger partial charge on any atom is 0.408 e.